The van der Waals surface area contributed by atoms with Gasteiger partial charge in [-0.1, -0.05) is 0 Å². The van der Waals surface area contributed by atoms with E-state index in [-0.39, 0.29) is 24.6 Å². The molecule has 0 bridgehead atoms. The molecule has 0 aromatic heterocycles. The van der Waals surface area contributed by atoms with Gasteiger partial charge in [-0.3, -0.25) is 4.79 Å². The summed E-state index contributed by atoms with van der Waals surface area (Å²) in [6, 6.07) is 0. The average molecular weight is 298 g/mol. The first-order chi connectivity index (χ1) is 9.81. The Hall–Kier alpha value is -0.490. The molecule has 0 aromatic carbocycles. The Balaban J connectivity index is 1.95. The van der Waals surface area contributed by atoms with E-state index in [1.54, 1.807) is 0 Å². The zero-order valence-electron chi connectivity index (χ0n) is 13.2. The highest BCUT2D eigenvalue weighted by atomic mass is 16.7. The molecule has 1 spiro atoms. The van der Waals surface area contributed by atoms with Gasteiger partial charge < -0.3 is 19.3 Å². The molecule has 2 aliphatic heterocycles. The van der Waals surface area contributed by atoms with Gasteiger partial charge in [0.15, 0.2) is 5.79 Å². The van der Waals surface area contributed by atoms with Crippen molar-refractivity contribution in [3.63, 3.8) is 0 Å². The van der Waals surface area contributed by atoms with Gasteiger partial charge in [-0.05, 0) is 40.0 Å². The molecular weight excluding hydrogens is 272 g/mol. The lowest BCUT2D eigenvalue weighted by atomic mass is 9.62. The van der Waals surface area contributed by atoms with Crippen LogP contribution in [0.2, 0.25) is 0 Å². The van der Waals surface area contributed by atoms with Gasteiger partial charge in [0.1, 0.15) is 11.2 Å². The van der Waals surface area contributed by atoms with Crippen LogP contribution in [0, 0.1) is 5.41 Å². The van der Waals surface area contributed by atoms with Crippen molar-refractivity contribution in [3.8, 4) is 0 Å². The first-order valence-corrected chi connectivity index (χ1v) is 7.95. The first kappa shape index (κ1) is 15.4. The minimum Gasteiger partial charge on any atom is -0.396 e. The van der Waals surface area contributed by atoms with Gasteiger partial charge in [0.05, 0.1) is 24.4 Å². The highest BCUT2D eigenvalue weighted by Gasteiger charge is 2.63. The maximum Gasteiger partial charge on any atom is 0.163 e. The van der Waals surface area contributed by atoms with Crippen molar-refractivity contribution in [1.82, 2.24) is 0 Å². The van der Waals surface area contributed by atoms with E-state index >= 15 is 0 Å². The van der Waals surface area contributed by atoms with Crippen molar-refractivity contribution in [2.75, 3.05) is 13.2 Å². The first-order valence-electron chi connectivity index (χ1n) is 7.95. The summed E-state index contributed by atoms with van der Waals surface area (Å²) in [7, 11) is 0. The van der Waals surface area contributed by atoms with Crippen LogP contribution < -0.4 is 0 Å². The second-order valence-electron chi connectivity index (χ2n) is 7.38. The molecule has 5 heteroatoms. The highest BCUT2D eigenvalue weighted by Crippen LogP contribution is 2.52. The molecule has 2 saturated heterocycles. The molecule has 1 aliphatic carbocycles. The lowest BCUT2D eigenvalue weighted by Crippen LogP contribution is -2.69. The van der Waals surface area contributed by atoms with E-state index in [0.717, 1.165) is 12.8 Å². The lowest BCUT2D eigenvalue weighted by Gasteiger charge is -2.59. The van der Waals surface area contributed by atoms with Crippen molar-refractivity contribution >= 4 is 5.78 Å². The fraction of sp³-hybridized carbons (Fsp3) is 0.938. The number of carbonyl (C=O) groups excluding carboxylic acids is 1. The average Bonchev–Trinajstić information content (AvgIpc) is 2.36. The summed E-state index contributed by atoms with van der Waals surface area (Å²) in [4.78, 5) is 12.7. The van der Waals surface area contributed by atoms with Gasteiger partial charge in [0.25, 0.3) is 0 Å². The van der Waals surface area contributed by atoms with Crippen molar-refractivity contribution in [2.24, 2.45) is 5.41 Å². The summed E-state index contributed by atoms with van der Waals surface area (Å²) in [5.41, 5.74) is -1.08. The summed E-state index contributed by atoms with van der Waals surface area (Å²) in [6.07, 6.45) is 3.14. The zero-order chi connectivity index (χ0) is 15.3. The fourth-order valence-corrected chi connectivity index (χ4v) is 4.12. The van der Waals surface area contributed by atoms with E-state index in [4.69, 9.17) is 14.2 Å². The van der Waals surface area contributed by atoms with E-state index in [0.29, 0.717) is 25.9 Å². The van der Waals surface area contributed by atoms with E-state index in [1.165, 1.54) is 0 Å². The number of Topliss-reactive ketones (excluding diaryl/α,β-unsaturated/α-hetero) is 1. The molecule has 3 rings (SSSR count). The summed E-state index contributed by atoms with van der Waals surface area (Å²) >= 11 is 0. The number of aliphatic hydroxyl groups excluding tert-OH is 1. The predicted molar refractivity (Wildman–Crippen MR) is 75.8 cm³/mol. The van der Waals surface area contributed by atoms with Crippen molar-refractivity contribution < 1.29 is 24.1 Å². The van der Waals surface area contributed by atoms with Crippen LogP contribution in [0.1, 0.15) is 52.9 Å². The monoisotopic (exact) mass is 298 g/mol. The Kier molecular flexibility index (Phi) is 3.68. The van der Waals surface area contributed by atoms with Crippen LogP contribution in [0.3, 0.4) is 0 Å². The van der Waals surface area contributed by atoms with E-state index in [2.05, 4.69) is 0 Å². The normalized spacial score (nSPS) is 45.8. The Labute approximate surface area is 125 Å². The van der Waals surface area contributed by atoms with E-state index < -0.39 is 16.8 Å². The second kappa shape index (κ2) is 5.01. The van der Waals surface area contributed by atoms with Crippen LogP contribution in [0.25, 0.3) is 0 Å². The Morgan fingerprint density at radius 2 is 2.00 bits per heavy atom. The molecule has 120 valence electrons. The fourth-order valence-electron chi connectivity index (χ4n) is 4.12. The molecule has 21 heavy (non-hydrogen) atoms. The number of ether oxygens (including phenoxy) is 3. The number of rotatable bonds is 2. The van der Waals surface area contributed by atoms with Gasteiger partial charge in [-0.2, -0.15) is 0 Å². The molecular formula is C16H26O5. The van der Waals surface area contributed by atoms with Gasteiger partial charge in [-0.15, -0.1) is 0 Å². The van der Waals surface area contributed by atoms with E-state index in [9.17, 15) is 9.90 Å². The van der Waals surface area contributed by atoms with Crippen LogP contribution >= 0.6 is 0 Å². The van der Waals surface area contributed by atoms with Crippen molar-refractivity contribution in [3.05, 3.63) is 0 Å². The van der Waals surface area contributed by atoms with E-state index in [1.807, 2.05) is 20.8 Å². The Morgan fingerprint density at radius 3 is 2.71 bits per heavy atom. The van der Waals surface area contributed by atoms with Crippen LogP contribution in [0.5, 0.6) is 0 Å². The predicted octanol–water partition coefficient (Wildman–Crippen LogP) is 1.81. The SMILES string of the molecule is CC1(C)OC[C@@]23C(=O)CCC[C@H]2O[C@@](C)(CCO)C[C@H]3O1. The minimum atomic E-state index is -0.671. The summed E-state index contributed by atoms with van der Waals surface area (Å²) in [6.45, 7) is 6.25. The Morgan fingerprint density at radius 1 is 1.24 bits per heavy atom. The summed E-state index contributed by atoms with van der Waals surface area (Å²) in [5.74, 6) is -0.458. The quantitative estimate of drug-likeness (QED) is 0.842. The van der Waals surface area contributed by atoms with Crippen LogP contribution in [-0.4, -0.2) is 47.7 Å². The standard InChI is InChI=1S/C16H26O5/c1-14(2)19-10-16-11(18)5-4-6-12(16)21-15(3,7-8-17)9-13(16)20-14/h12-13,17H,4-10H2,1-3H3/t12-,13-,15+,16-/m1/s1. The van der Waals surface area contributed by atoms with Crippen molar-refractivity contribution in [1.29, 1.82) is 0 Å². The third-order valence-electron chi connectivity index (χ3n) is 5.31. The summed E-state index contributed by atoms with van der Waals surface area (Å²) in [5, 5.41) is 9.32. The van der Waals surface area contributed by atoms with Gasteiger partial charge in [0.2, 0.25) is 0 Å². The van der Waals surface area contributed by atoms with Gasteiger partial charge in [0, 0.05) is 19.4 Å². The maximum atomic E-state index is 12.7. The highest BCUT2D eigenvalue weighted by molar-refractivity contribution is 5.87. The molecule has 1 N–H and O–H groups in total. The molecule has 0 radical (unpaired) electrons. The number of aliphatic hydroxyl groups is 1. The number of hydrogen-bond donors (Lipinski definition) is 1. The Bertz CT molecular complexity index is 434. The molecule has 3 fully saturated rings. The topological polar surface area (TPSA) is 65.0 Å². The molecule has 0 aromatic rings. The van der Waals surface area contributed by atoms with Crippen LogP contribution in [0.15, 0.2) is 0 Å². The number of hydrogen-bond acceptors (Lipinski definition) is 5. The largest absolute Gasteiger partial charge is 0.396 e. The molecule has 5 nitrogen and oxygen atoms in total. The lowest BCUT2D eigenvalue weighted by molar-refractivity contribution is -0.360. The third kappa shape index (κ3) is 2.44. The van der Waals surface area contributed by atoms with Gasteiger partial charge >= 0.3 is 0 Å². The molecule has 3 aliphatic rings. The second-order valence-corrected chi connectivity index (χ2v) is 7.38. The van der Waals surface area contributed by atoms with Crippen LogP contribution in [0.4, 0.5) is 0 Å². The zero-order valence-corrected chi connectivity index (χ0v) is 13.2. The smallest absolute Gasteiger partial charge is 0.163 e. The maximum absolute atomic E-state index is 12.7. The number of carbonyl (C=O) groups is 1. The number of ketones is 1. The summed E-state index contributed by atoms with van der Waals surface area (Å²) < 4.78 is 18.2. The molecule has 0 unspecified atom stereocenters. The molecule has 1 saturated carbocycles. The molecule has 0 amide bonds. The molecule has 4 atom stereocenters. The molecule has 2 heterocycles. The third-order valence-corrected chi connectivity index (χ3v) is 5.31. The van der Waals surface area contributed by atoms with Crippen LogP contribution in [-0.2, 0) is 19.0 Å². The van der Waals surface area contributed by atoms with Crippen molar-refractivity contribution in [2.45, 2.75) is 76.5 Å². The van der Waals surface area contributed by atoms with Gasteiger partial charge in [-0.25, -0.2) is 0 Å². The minimum absolute atomic E-state index is 0.0801.